The van der Waals surface area contributed by atoms with Crippen molar-refractivity contribution in [2.45, 2.75) is 23.8 Å². The Morgan fingerprint density at radius 1 is 0.903 bits per heavy atom. The highest BCUT2D eigenvalue weighted by atomic mass is 32.2. The Kier molecular flexibility index (Phi) is 6.17. The number of hydrogen-bond acceptors (Lipinski definition) is 5. The first-order chi connectivity index (χ1) is 14.9. The van der Waals surface area contributed by atoms with Gasteiger partial charge in [-0.15, -0.1) is 0 Å². The van der Waals surface area contributed by atoms with Crippen LogP contribution in [0.25, 0.3) is 0 Å². The number of imide groups is 1. The zero-order valence-corrected chi connectivity index (χ0v) is 17.8. The first-order valence-corrected chi connectivity index (χ1v) is 11.7. The van der Waals surface area contributed by atoms with Gasteiger partial charge in [-0.05, 0) is 36.2 Å². The maximum absolute atomic E-state index is 13.1. The van der Waals surface area contributed by atoms with Crippen LogP contribution in [0.2, 0.25) is 0 Å². The number of piperazine rings is 1. The van der Waals surface area contributed by atoms with E-state index in [4.69, 9.17) is 0 Å². The maximum atomic E-state index is 13.1. The van der Waals surface area contributed by atoms with Gasteiger partial charge in [-0.3, -0.25) is 19.4 Å². The van der Waals surface area contributed by atoms with Crippen molar-refractivity contribution in [1.29, 1.82) is 0 Å². The monoisotopic (exact) mass is 445 g/mol. The lowest BCUT2D eigenvalue weighted by Gasteiger charge is -2.36. The van der Waals surface area contributed by atoms with Crippen LogP contribution in [0.5, 0.6) is 0 Å². The number of halogens is 1. The van der Waals surface area contributed by atoms with Crippen LogP contribution in [0, 0.1) is 5.82 Å². The Hall–Kier alpha value is -2.62. The molecular formula is C22H24FN3O4S. The predicted octanol–water partition coefficient (Wildman–Crippen LogP) is 1.50. The molecule has 0 N–H and O–H groups in total. The van der Waals surface area contributed by atoms with Crippen molar-refractivity contribution in [3.8, 4) is 0 Å². The average molecular weight is 446 g/mol. The number of carbonyl (C=O) groups excluding carboxylic acids is 2. The van der Waals surface area contributed by atoms with Crippen molar-refractivity contribution in [2.24, 2.45) is 0 Å². The molecule has 4 rings (SSSR count). The Morgan fingerprint density at radius 3 is 2.19 bits per heavy atom. The van der Waals surface area contributed by atoms with E-state index in [0.29, 0.717) is 26.1 Å². The molecule has 1 atom stereocenters. The molecular weight excluding hydrogens is 421 g/mol. The van der Waals surface area contributed by atoms with Crippen molar-refractivity contribution >= 4 is 21.8 Å². The molecule has 164 valence electrons. The molecule has 2 aromatic rings. The minimum atomic E-state index is -3.72. The number of likely N-dealkylation sites (tertiary alicyclic amines) is 1. The fourth-order valence-corrected chi connectivity index (χ4v) is 5.50. The molecule has 0 radical (unpaired) electrons. The van der Waals surface area contributed by atoms with E-state index in [1.165, 1.54) is 21.3 Å². The van der Waals surface area contributed by atoms with Gasteiger partial charge in [0.1, 0.15) is 5.82 Å². The molecule has 2 fully saturated rings. The third-order valence-electron chi connectivity index (χ3n) is 5.85. The predicted molar refractivity (Wildman–Crippen MR) is 112 cm³/mol. The Bertz CT molecular complexity index is 1050. The van der Waals surface area contributed by atoms with Crippen LogP contribution in [0.15, 0.2) is 59.5 Å². The lowest BCUT2D eigenvalue weighted by atomic mass is 10.1. The van der Waals surface area contributed by atoms with Crippen molar-refractivity contribution in [3.05, 3.63) is 66.0 Å². The highest BCUT2D eigenvalue weighted by Crippen LogP contribution is 2.23. The SMILES string of the molecule is O=C1CC(N2CCN(S(=O)(=O)c3ccc(F)cc3)CC2)C(=O)N1CCc1ccccc1. The highest BCUT2D eigenvalue weighted by molar-refractivity contribution is 7.89. The number of rotatable bonds is 6. The fourth-order valence-electron chi connectivity index (χ4n) is 4.08. The third-order valence-corrected chi connectivity index (χ3v) is 7.77. The quantitative estimate of drug-likeness (QED) is 0.630. The van der Waals surface area contributed by atoms with Gasteiger partial charge < -0.3 is 0 Å². The van der Waals surface area contributed by atoms with Crippen molar-refractivity contribution in [2.75, 3.05) is 32.7 Å². The molecule has 0 saturated carbocycles. The molecule has 0 aromatic heterocycles. The topological polar surface area (TPSA) is 78.0 Å². The lowest BCUT2D eigenvalue weighted by Crippen LogP contribution is -2.53. The Morgan fingerprint density at radius 2 is 1.55 bits per heavy atom. The van der Waals surface area contributed by atoms with Crippen molar-refractivity contribution < 1.29 is 22.4 Å². The zero-order valence-electron chi connectivity index (χ0n) is 17.0. The minimum absolute atomic E-state index is 0.0431. The number of sulfonamides is 1. The number of hydrogen-bond donors (Lipinski definition) is 0. The van der Waals surface area contributed by atoms with Crippen LogP contribution in [0.1, 0.15) is 12.0 Å². The molecule has 9 heteroatoms. The molecule has 0 spiro atoms. The number of amides is 2. The molecule has 7 nitrogen and oxygen atoms in total. The first kappa shape index (κ1) is 21.6. The average Bonchev–Trinajstić information content (AvgIpc) is 3.07. The first-order valence-electron chi connectivity index (χ1n) is 10.2. The number of carbonyl (C=O) groups is 2. The normalized spacial score (nSPS) is 21.1. The van der Waals surface area contributed by atoms with Gasteiger partial charge in [0.05, 0.1) is 17.4 Å². The van der Waals surface area contributed by atoms with Crippen LogP contribution in [0.3, 0.4) is 0 Å². The molecule has 31 heavy (non-hydrogen) atoms. The summed E-state index contributed by atoms with van der Waals surface area (Å²) in [7, 11) is -3.72. The van der Waals surface area contributed by atoms with E-state index in [0.717, 1.165) is 17.7 Å². The van der Waals surface area contributed by atoms with Crippen molar-refractivity contribution in [3.63, 3.8) is 0 Å². The van der Waals surface area contributed by atoms with E-state index >= 15 is 0 Å². The zero-order chi connectivity index (χ0) is 22.0. The summed E-state index contributed by atoms with van der Waals surface area (Å²) in [5.74, 6) is -0.895. The second-order valence-corrected chi connectivity index (χ2v) is 9.67. The second-order valence-electron chi connectivity index (χ2n) is 7.73. The van der Waals surface area contributed by atoms with Gasteiger partial charge in [-0.2, -0.15) is 4.31 Å². The Balaban J connectivity index is 1.36. The van der Waals surface area contributed by atoms with Crippen LogP contribution in [-0.2, 0) is 26.0 Å². The number of benzene rings is 2. The summed E-state index contributed by atoms with van der Waals surface area (Å²) >= 11 is 0. The maximum Gasteiger partial charge on any atom is 0.247 e. The van der Waals surface area contributed by atoms with Crippen LogP contribution in [-0.4, -0.2) is 73.1 Å². The van der Waals surface area contributed by atoms with E-state index in [9.17, 15) is 22.4 Å². The van der Waals surface area contributed by atoms with Gasteiger partial charge in [0.2, 0.25) is 21.8 Å². The van der Waals surface area contributed by atoms with Gasteiger partial charge in [0.15, 0.2) is 0 Å². The molecule has 2 aliphatic rings. The molecule has 1 unspecified atom stereocenters. The lowest BCUT2D eigenvalue weighted by molar-refractivity contribution is -0.139. The molecule has 0 bridgehead atoms. The smallest absolute Gasteiger partial charge is 0.247 e. The standard InChI is InChI=1S/C22H24FN3O4S/c23-18-6-8-19(9-7-18)31(29,30)25-14-12-24(13-15-25)20-16-21(27)26(22(20)28)11-10-17-4-2-1-3-5-17/h1-9,20H,10-16H2. The summed E-state index contributed by atoms with van der Waals surface area (Å²) in [5, 5.41) is 0. The molecule has 2 saturated heterocycles. The van der Waals surface area contributed by atoms with Crippen LogP contribution < -0.4 is 0 Å². The van der Waals surface area contributed by atoms with Gasteiger partial charge >= 0.3 is 0 Å². The van der Waals surface area contributed by atoms with Crippen LogP contribution >= 0.6 is 0 Å². The number of nitrogens with zero attached hydrogens (tertiary/aromatic N) is 3. The van der Waals surface area contributed by atoms with Gasteiger partial charge in [-0.1, -0.05) is 30.3 Å². The molecule has 2 heterocycles. The second kappa shape index (κ2) is 8.86. The van der Waals surface area contributed by atoms with E-state index < -0.39 is 21.9 Å². The summed E-state index contributed by atoms with van der Waals surface area (Å²) < 4.78 is 40.0. The van der Waals surface area contributed by atoms with E-state index in [1.54, 1.807) is 0 Å². The van der Waals surface area contributed by atoms with Gasteiger partial charge in [-0.25, -0.2) is 12.8 Å². The molecule has 2 amide bonds. The van der Waals surface area contributed by atoms with E-state index in [2.05, 4.69) is 0 Å². The largest absolute Gasteiger partial charge is 0.289 e. The highest BCUT2D eigenvalue weighted by Gasteiger charge is 2.43. The third kappa shape index (κ3) is 4.53. The Labute approximate surface area is 181 Å². The minimum Gasteiger partial charge on any atom is -0.289 e. The fraction of sp³-hybridized carbons (Fsp3) is 0.364. The van der Waals surface area contributed by atoms with Crippen LogP contribution in [0.4, 0.5) is 4.39 Å². The van der Waals surface area contributed by atoms with E-state index in [1.807, 2.05) is 35.2 Å². The van der Waals surface area contributed by atoms with Gasteiger partial charge in [0.25, 0.3) is 0 Å². The summed E-state index contributed by atoms with van der Waals surface area (Å²) in [5.41, 5.74) is 1.06. The molecule has 2 aliphatic heterocycles. The van der Waals surface area contributed by atoms with E-state index in [-0.39, 0.29) is 36.2 Å². The molecule has 2 aromatic carbocycles. The summed E-state index contributed by atoms with van der Waals surface area (Å²) in [6.45, 7) is 1.48. The molecule has 0 aliphatic carbocycles. The summed E-state index contributed by atoms with van der Waals surface area (Å²) in [4.78, 5) is 28.6. The summed E-state index contributed by atoms with van der Waals surface area (Å²) in [6.07, 6.45) is 0.729. The van der Waals surface area contributed by atoms with Gasteiger partial charge in [0, 0.05) is 32.7 Å². The van der Waals surface area contributed by atoms with Crippen molar-refractivity contribution in [1.82, 2.24) is 14.1 Å². The summed E-state index contributed by atoms with van der Waals surface area (Å²) in [6, 6.07) is 13.9.